The molecule has 1 heterocycles. The van der Waals surface area contributed by atoms with Gasteiger partial charge in [0.05, 0.1) is 7.11 Å². The second-order valence-electron chi connectivity index (χ2n) is 4.10. The minimum absolute atomic E-state index is 0.195. The summed E-state index contributed by atoms with van der Waals surface area (Å²) in [5.41, 5.74) is 1.01. The van der Waals surface area contributed by atoms with Crippen molar-refractivity contribution in [3.8, 4) is 11.5 Å². The number of piperazine rings is 1. The topological polar surface area (TPSA) is 44.7 Å². The summed E-state index contributed by atoms with van der Waals surface area (Å²) >= 11 is 3.52. The molecule has 2 rings (SSSR count). The summed E-state index contributed by atoms with van der Waals surface area (Å²) in [6, 6.07) is 3.50. The Morgan fingerprint density at radius 3 is 2.76 bits per heavy atom. The monoisotopic (exact) mass is 300 g/mol. The Kier molecular flexibility index (Phi) is 4.25. The number of rotatable bonds is 3. The van der Waals surface area contributed by atoms with Crippen molar-refractivity contribution in [2.75, 3.05) is 33.3 Å². The van der Waals surface area contributed by atoms with E-state index in [4.69, 9.17) is 4.74 Å². The van der Waals surface area contributed by atoms with E-state index in [-0.39, 0.29) is 5.75 Å². The molecule has 2 N–H and O–H groups in total. The van der Waals surface area contributed by atoms with Crippen LogP contribution in [0.15, 0.2) is 16.6 Å². The average Bonchev–Trinajstić information content (AvgIpc) is 2.35. The van der Waals surface area contributed by atoms with Crippen LogP contribution in [0.5, 0.6) is 11.5 Å². The minimum Gasteiger partial charge on any atom is -0.504 e. The van der Waals surface area contributed by atoms with Gasteiger partial charge in [0.25, 0.3) is 0 Å². The zero-order valence-electron chi connectivity index (χ0n) is 9.87. The maximum absolute atomic E-state index is 9.77. The number of aromatic hydroxyl groups is 1. The molecular weight excluding hydrogens is 284 g/mol. The summed E-state index contributed by atoms with van der Waals surface area (Å²) in [7, 11) is 1.59. The van der Waals surface area contributed by atoms with Gasteiger partial charge in [-0.3, -0.25) is 4.90 Å². The maximum Gasteiger partial charge on any atom is 0.166 e. The molecule has 1 aliphatic rings. The number of methoxy groups -OCH3 is 1. The van der Waals surface area contributed by atoms with Crippen molar-refractivity contribution in [1.29, 1.82) is 0 Å². The first-order valence-corrected chi connectivity index (χ1v) is 6.49. The number of hydrogen-bond acceptors (Lipinski definition) is 4. The van der Waals surface area contributed by atoms with Gasteiger partial charge in [-0.05, 0) is 12.1 Å². The van der Waals surface area contributed by atoms with Crippen LogP contribution >= 0.6 is 15.9 Å². The van der Waals surface area contributed by atoms with Crippen LogP contribution in [0, 0.1) is 0 Å². The number of ether oxygens (including phenoxy) is 1. The Balaban J connectivity index is 2.21. The molecule has 1 fully saturated rings. The Labute approximate surface area is 110 Å². The van der Waals surface area contributed by atoms with E-state index in [1.807, 2.05) is 6.07 Å². The van der Waals surface area contributed by atoms with Crippen LogP contribution in [0.2, 0.25) is 0 Å². The fourth-order valence-electron chi connectivity index (χ4n) is 2.06. The lowest BCUT2D eigenvalue weighted by molar-refractivity contribution is 0.229. The highest BCUT2D eigenvalue weighted by Gasteiger charge is 2.17. The Bertz CT molecular complexity index is 392. The molecule has 1 saturated heterocycles. The Morgan fingerprint density at radius 2 is 2.12 bits per heavy atom. The molecule has 17 heavy (non-hydrogen) atoms. The van der Waals surface area contributed by atoms with Crippen LogP contribution in [0.3, 0.4) is 0 Å². The lowest BCUT2D eigenvalue weighted by atomic mass is 10.1. The van der Waals surface area contributed by atoms with E-state index in [1.54, 1.807) is 13.2 Å². The van der Waals surface area contributed by atoms with Gasteiger partial charge in [-0.25, -0.2) is 0 Å². The van der Waals surface area contributed by atoms with Crippen LogP contribution in [0.4, 0.5) is 0 Å². The largest absolute Gasteiger partial charge is 0.504 e. The zero-order valence-corrected chi connectivity index (χ0v) is 11.5. The smallest absolute Gasteiger partial charge is 0.166 e. The van der Waals surface area contributed by atoms with E-state index in [0.29, 0.717) is 5.75 Å². The number of nitrogens with one attached hydrogen (secondary N) is 1. The van der Waals surface area contributed by atoms with E-state index < -0.39 is 0 Å². The van der Waals surface area contributed by atoms with Crippen molar-refractivity contribution < 1.29 is 9.84 Å². The van der Waals surface area contributed by atoms with E-state index in [1.165, 1.54) is 0 Å². The molecule has 0 aromatic heterocycles. The third-order valence-electron chi connectivity index (χ3n) is 2.98. The van der Waals surface area contributed by atoms with E-state index in [0.717, 1.165) is 42.8 Å². The molecular formula is C12H17BrN2O2. The highest BCUT2D eigenvalue weighted by molar-refractivity contribution is 9.10. The summed E-state index contributed by atoms with van der Waals surface area (Å²) in [5, 5.41) is 13.1. The van der Waals surface area contributed by atoms with Crippen molar-refractivity contribution in [1.82, 2.24) is 10.2 Å². The molecule has 94 valence electrons. The van der Waals surface area contributed by atoms with Crippen LogP contribution in [0.25, 0.3) is 0 Å². The van der Waals surface area contributed by atoms with Crippen LogP contribution in [0.1, 0.15) is 5.56 Å². The molecule has 1 aromatic carbocycles. The SMILES string of the molecule is COc1c(O)ccc(Br)c1CN1CCNCC1. The van der Waals surface area contributed by atoms with Gasteiger partial charge in [-0.2, -0.15) is 0 Å². The van der Waals surface area contributed by atoms with Gasteiger partial charge in [-0.1, -0.05) is 15.9 Å². The molecule has 0 spiro atoms. The molecule has 0 unspecified atom stereocenters. The van der Waals surface area contributed by atoms with E-state index in [9.17, 15) is 5.11 Å². The van der Waals surface area contributed by atoms with Gasteiger partial charge in [0, 0.05) is 42.8 Å². The van der Waals surface area contributed by atoms with Crippen molar-refractivity contribution in [2.45, 2.75) is 6.54 Å². The fourth-order valence-corrected chi connectivity index (χ4v) is 2.50. The zero-order chi connectivity index (χ0) is 12.3. The van der Waals surface area contributed by atoms with E-state index >= 15 is 0 Å². The first-order chi connectivity index (χ1) is 8.22. The highest BCUT2D eigenvalue weighted by atomic mass is 79.9. The van der Waals surface area contributed by atoms with Crippen LogP contribution < -0.4 is 10.1 Å². The number of benzene rings is 1. The third kappa shape index (κ3) is 2.91. The third-order valence-corrected chi connectivity index (χ3v) is 3.72. The number of phenols is 1. The normalized spacial score (nSPS) is 17.1. The predicted molar refractivity (Wildman–Crippen MR) is 70.5 cm³/mol. The number of phenolic OH excluding ortho intramolecular Hbond substituents is 1. The number of nitrogens with zero attached hydrogens (tertiary/aromatic N) is 1. The molecule has 1 aromatic rings. The molecule has 0 aliphatic carbocycles. The van der Waals surface area contributed by atoms with Gasteiger partial charge in [-0.15, -0.1) is 0 Å². The molecule has 0 bridgehead atoms. The molecule has 4 nitrogen and oxygen atoms in total. The lowest BCUT2D eigenvalue weighted by Crippen LogP contribution is -2.43. The van der Waals surface area contributed by atoms with E-state index in [2.05, 4.69) is 26.1 Å². The number of halogens is 1. The summed E-state index contributed by atoms with van der Waals surface area (Å²) in [6.45, 7) is 4.85. The highest BCUT2D eigenvalue weighted by Crippen LogP contribution is 2.36. The minimum atomic E-state index is 0.195. The first kappa shape index (κ1) is 12.7. The van der Waals surface area contributed by atoms with Gasteiger partial charge in [0.2, 0.25) is 0 Å². The van der Waals surface area contributed by atoms with Crippen molar-refractivity contribution in [3.05, 3.63) is 22.2 Å². The second-order valence-corrected chi connectivity index (χ2v) is 4.96. The lowest BCUT2D eigenvalue weighted by Gasteiger charge is -2.28. The molecule has 0 radical (unpaired) electrons. The molecule has 0 atom stereocenters. The fraction of sp³-hybridized carbons (Fsp3) is 0.500. The summed E-state index contributed by atoms with van der Waals surface area (Å²) in [5.74, 6) is 0.763. The predicted octanol–water partition coefficient (Wildman–Crippen LogP) is 1.57. The summed E-state index contributed by atoms with van der Waals surface area (Å²) in [6.07, 6.45) is 0. The van der Waals surface area contributed by atoms with Crippen LogP contribution in [-0.4, -0.2) is 43.3 Å². The molecule has 5 heteroatoms. The molecule has 1 aliphatic heterocycles. The quantitative estimate of drug-likeness (QED) is 0.889. The molecule has 0 saturated carbocycles. The van der Waals surface area contributed by atoms with Gasteiger partial charge >= 0.3 is 0 Å². The van der Waals surface area contributed by atoms with Gasteiger partial charge < -0.3 is 15.2 Å². The Hall–Kier alpha value is -0.780. The van der Waals surface area contributed by atoms with Crippen LogP contribution in [-0.2, 0) is 6.54 Å². The molecule has 0 amide bonds. The number of hydrogen-bond donors (Lipinski definition) is 2. The van der Waals surface area contributed by atoms with Gasteiger partial charge in [0.1, 0.15) is 0 Å². The van der Waals surface area contributed by atoms with Crippen molar-refractivity contribution >= 4 is 15.9 Å². The second kappa shape index (κ2) is 5.71. The summed E-state index contributed by atoms with van der Waals surface area (Å²) in [4.78, 5) is 2.35. The standard InChI is InChI=1S/C12H17BrN2O2/c1-17-12-9(10(13)2-3-11(12)16)8-15-6-4-14-5-7-15/h2-3,14,16H,4-8H2,1H3. The average molecular weight is 301 g/mol. The van der Waals surface area contributed by atoms with Crippen molar-refractivity contribution in [3.63, 3.8) is 0 Å². The Morgan fingerprint density at radius 1 is 1.41 bits per heavy atom. The van der Waals surface area contributed by atoms with Gasteiger partial charge in [0.15, 0.2) is 11.5 Å². The first-order valence-electron chi connectivity index (χ1n) is 5.69. The maximum atomic E-state index is 9.77. The summed E-state index contributed by atoms with van der Waals surface area (Å²) < 4.78 is 6.25. The van der Waals surface area contributed by atoms with Crippen molar-refractivity contribution in [2.24, 2.45) is 0 Å².